The number of nitrogens with zero attached hydrogens (tertiary/aromatic N) is 4. The van der Waals surface area contributed by atoms with Crippen LogP contribution in [0.15, 0.2) is 48.8 Å². The Kier molecular flexibility index (Phi) is 5.18. The Balaban J connectivity index is 1.58. The van der Waals surface area contributed by atoms with E-state index in [-0.39, 0.29) is 23.9 Å². The Morgan fingerprint density at radius 3 is 2.87 bits per heavy atom. The van der Waals surface area contributed by atoms with E-state index in [1.165, 1.54) is 21.7 Å². The van der Waals surface area contributed by atoms with E-state index in [1.807, 2.05) is 0 Å². The Labute approximate surface area is 172 Å². The van der Waals surface area contributed by atoms with Gasteiger partial charge in [-0.25, -0.2) is 14.1 Å². The lowest BCUT2D eigenvalue weighted by molar-refractivity contribution is -0.127. The Bertz CT molecular complexity index is 1100. The molecule has 3 aromatic rings. The summed E-state index contributed by atoms with van der Waals surface area (Å²) in [5.41, 5.74) is 1.45. The van der Waals surface area contributed by atoms with Crippen molar-refractivity contribution in [2.75, 3.05) is 16.8 Å². The van der Waals surface area contributed by atoms with Crippen molar-refractivity contribution < 1.29 is 18.7 Å². The first-order chi connectivity index (χ1) is 14.5. The normalized spacial score (nSPS) is 14.1. The SMILES string of the molecule is CCC(Oc1ccc(-n2cccn2)c(F)c1)C(=O)N1CC(=O)Nc2ccc(C)nc21. The van der Waals surface area contributed by atoms with Gasteiger partial charge in [-0.2, -0.15) is 5.10 Å². The molecule has 0 saturated heterocycles. The van der Waals surface area contributed by atoms with Crippen LogP contribution in [0.25, 0.3) is 5.69 Å². The van der Waals surface area contributed by atoms with Gasteiger partial charge in [-0.05, 0) is 43.7 Å². The van der Waals surface area contributed by atoms with Gasteiger partial charge in [0.25, 0.3) is 5.91 Å². The molecule has 3 heterocycles. The molecule has 0 spiro atoms. The zero-order valence-electron chi connectivity index (χ0n) is 16.5. The first kappa shape index (κ1) is 19.6. The van der Waals surface area contributed by atoms with Gasteiger partial charge >= 0.3 is 0 Å². The average molecular weight is 409 g/mol. The number of pyridine rings is 1. The van der Waals surface area contributed by atoms with Crippen molar-refractivity contribution in [3.63, 3.8) is 0 Å². The van der Waals surface area contributed by atoms with Gasteiger partial charge in [0.1, 0.15) is 18.0 Å². The van der Waals surface area contributed by atoms with Crippen LogP contribution in [0.2, 0.25) is 0 Å². The van der Waals surface area contributed by atoms with Crippen molar-refractivity contribution in [2.45, 2.75) is 26.4 Å². The third-order valence-electron chi connectivity index (χ3n) is 4.71. The zero-order chi connectivity index (χ0) is 21.3. The summed E-state index contributed by atoms with van der Waals surface area (Å²) in [7, 11) is 0. The number of carbonyl (C=O) groups is 2. The van der Waals surface area contributed by atoms with Gasteiger partial charge in [-0.15, -0.1) is 0 Å². The molecule has 8 nitrogen and oxygen atoms in total. The molecular formula is C21H20FN5O3. The minimum Gasteiger partial charge on any atom is -0.480 e. The summed E-state index contributed by atoms with van der Waals surface area (Å²) in [6.07, 6.45) is 2.62. The van der Waals surface area contributed by atoms with Crippen LogP contribution in [0.1, 0.15) is 19.0 Å². The van der Waals surface area contributed by atoms with Crippen molar-refractivity contribution in [1.82, 2.24) is 14.8 Å². The molecule has 1 aliphatic heterocycles. The van der Waals surface area contributed by atoms with Gasteiger partial charge in [0, 0.05) is 24.2 Å². The Hall–Kier alpha value is -3.75. The number of nitrogens with one attached hydrogen (secondary N) is 1. The van der Waals surface area contributed by atoms with Crippen LogP contribution in [0.5, 0.6) is 5.75 Å². The van der Waals surface area contributed by atoms with Gasteiger partial charge in [-0.1, -0.05) is 6.92 Å². The van der Waals surface area contributed by atoms with Gasteiger partial charge in [0.15, 0.2) is 17.7 Å². The molecule has 1 aliphatic rings. The molecule has 0 fully saturated rings. The van der Waals surface area contributed by atoms with Crippen molar-refractivity contribution in [3.8, 4) is 11.4 Å². The average Bonchev–Trinajstić information content (AvgIpc) is 3.26. The monoisotopic (exact) mass is 409 g/mol. The number of halogens is 1. The molecule has 0 radical (unpaired) electrons. The highest BCUT2D eigenvalue weighted by molar-refractivity contribution is 6.10. The molecule has 30 heavy (non-hydrogen) atoms. The lowest BCUT2D eigenvalue weighted by atomic mass is 10.2. The number of ether oxygens (including phenoxy) is 1. The van der Waals surface area contributed by atoms with Crippen molar-refractivity contribution >= 4 is 23.3 Å². The number of aromatic nitrogens is 3. The molecule has 1 N–H and O–H groups in total. The first-order valence-electron chi connectivity index (χ1n) is 9.51. The van der Waals surface area contributed by atoms with Crippen LogP contribution in [-0.2, 0) is 9.59 Å². The zero-order valence-corrected chi connectivity index (χ0v) is 16.5. The standard InChI is InChI=1S/C21H20FN5O3/c1-3-18(30-14-6-8-17(15(22)11-14)27-10-4-9-23-27)21(29)26-12-19(28)25-16-7-5-13(2)24-20(16)26/h4-11,18H,3,12H2,1-2H3,(H,25,28). The highest BCUT2D eigenvalue weighted by Gasteiger charge is 2.33. The lowest BCUT2D eigenvalue weighted by Gasteiger charge is -2.31. The summed E-state index contributed by atoms with van der Waals surface area (Å²) >= 11 is 0. The number of amides is 2. The molecule has 0 saturated carbocycles. The fourth-order valence-corrected chi connectivity index (χ4v) is 3.24. The number of anilines is 2. The number of benzene rings is 1. The quantitative estimate of drug-likeness (QED) is 0.700. The second kappa shape index (κ2) is 7.94. The summed E-state index contributed by atoms with van der Waals surface area (Å²) < 4.78 is 21.7. The van der Waals surface area contributed by atoms with Crippen LogP contribution >= 0.6 is 0 Å². The van der Waals surface area contributed by atoms with E-state index >= 15 is 0 Å². The number of aryl methyl sites for hydroxylation is 1. The van der Waals surface area contributed by atoms with E-state index in [1.54, 1.807) is 50.5 Å². The Morgan fingerprint density at radius 1 is 1.33 bits per heavy atom. The van der Waals surface area contributed by atoms with Crippen molar-refractivity contribution in [1.29, 1.82) is 0 Å². The predicted octanol–water partition coefficient (Wildman–Crippen LogP) is 2.86. The Morgan fingerprint density at radius 2 is 2.17 bits per heavy atom. The third kappa shape index (κ3) is 3.73. The van der Waals surface area contributed by atoms with Gasteiger partial charge < -0.3 is 10.1 Å². The lowest BCUT2D eigenvalue weighted by Crippen LogP contribution is -2.48. The smallest absolute Gasteiger partial charge is 0.269 e. The molecule has 2 aromatic heterocycles. The number of hydrogen-bond acceptors (Lipinski definition) is 5. The van der Waals surface area contributed by atoms with E-state index in [0.717, 1.165) is 0 Å². The maximum absolute atomic E-state index is 14.5. The molecule has 9 heteroatoms. The van der Waals surface area contributed by atoms with Crippen LogP contribution in [0, 0.1) is 12.7 Å². The second-order valence-electron chi connectivity index (χ2n) is 6.87. The van der Waals surface area contributed by atoms with Crippen LogP contribution in [0.4, 0.5) is 15.9 Å². The highest BCUT2D eigenvalue weighted by Crippen LogP contribution is 2.29. The summed E-state index contributed by atoms with van der Waals surface area (Å²) in [6, 6.07) is 9.48. The summed E-state index contributed by atoms with van der Waals surface area (Å²) in [4.78, 5) is 30.9. The van der Waals surface area contributed by atoms with Crippen molar-refractivity contribution in [3.05, 3.63) is 60.3 Å². The maximum Gasteiger partial charge on any atom is 0.269 e. The van der Waals surface area contributed by atoms with Gasteiger partial charge in [0.2, 0.25) is 5.91 Å². The first-order valence-corrected chi connectivity index (χ1v) is 9.51. The minimum absolute atomic E-state index is 0.158. The molecule has 2 amide bonds. The van der Waals surface area contributed by atoms with Gasteiger partial charge in [-0.3, -0.25) is 14.5 Å². The second-order valence-corrected chi connectivity index (χ2v) is 6.87. The predicted molar refractivity (Wildman–Crippen MR) is 108 cm³/mol. The number of hydrogen-bond donors (Lipinski definition) is 1. The molecule has 0 bridgehead atoms. The van der Waals surface area contributed by atoms with E-state index in [9.17, 15) is 14.0 Å². The molecule has 1 aromatic carbocycles. The molecule has 1 unspecified atom stereocenters. The fourth-order valence-electron chi connectivity index (χ4n) is 3.24. The van der Waals surface area contributed by atoms with Crippen molar-refractivity contribution in [2.24, 2.45) is 0 Å². The minimum atomic E-state index is -0.902. The summed E-state index contributed by atoms with van der Waals surface area (Å²) in [5, 5.41) is 6.72. The topological polar surface area (TPSA) is 89.4 Å². The molecule has 4 rings (SSSR count). The molecule has 1 atom stereocenters. The number of fused-ring (bicyclic) bond motifs is 1. The van der Waals surface area contributed by atoms with Crippen LogP contribution in [-0.4, -0.2) is 39.2 Å². The van der Waals surface area contributed by atoms with E-state index in [2.05, 4.69) is 15.4 Å². The number of carbonyl (C=O) groups excluding carboxylic acids is 2. The van der Waals surface area contributed by atoms with Gasteiger partial charge in [0.05, 0.1) is 5.69 Å². The molecule has 154 valence electrons. The molecular weight excluding hydrogens is 389 g/mol. The maximum atomic E-state index is 14.5. The van der Waals surface area contributed by atoms with E-state index < -0.39 is 17.8 Å². The van der Waals surface area contributed by atoms with E-state index in [4.69, 9.17) is 4.74 Å². The summed E-state index contributed by atoms with van der Waals surface area (Å²) in [6.45, 7) is 3.43. The molecule has 0 aliphatic carbocycles. The van der Waals surface area contributed by atoms with Crippen LogP contribution < -0.4 is 15.0 Å². The highest BCUT2D eigenvalue weighted by atomic mass is 19.1. The summed E-state index contributed by atoms with van der Waals surface area (Å²) in [5.74, 6) is -0.669. The van der Waals surface area contributed by atoms with Crippen LogP contribution in [0.3, 0.4) is 0 Å². The third-order valence-corrected chi connectivity index (χ3v) is 4.71. The number of rotatable bonds is 5. The largest absolute Gasteiger partial charge is 0.480 e. The van der Waals surface area contributed by atoms with E-state index in [0.29, 0.717) is 23.6 Å². The fraction of sp³-hybridized carbons (Fsp3) is 0.238.